The van der Waals surface area contributed by atoms with E-state index in [1.165, 1.54) is 19.2 Å². The minimum Gasteiger partial charge on any atom is -0.383 e. The van der Waals surface area contributed by atoms with Crippen molar-refractivity contribution in [2.24, 2.45) is 5.73 Å². The lowest BCUT2D eigenvalue weighted by Gasteiger charge is -2.11. The predicted octanol–water partition coefficient (Wildman–Crippen LogP) is 1.11. The van der Waals surface area contributed by atoms with Gasteiger partial charge in [-0.3, -0.25) is 4.79 Å². The molecule has 6 heteroatoms. The zero-order valence-electron chi connectivity index (χ0n) is 10.1. The molecule has 4 nitrogen and oxygen atoms in total. The Balaban J connectivity index is 2.39. The van der Waals surface area contributed by atoms with Crippen molar-refractivity contribution in [3.8, 4) is 0 Å². The van der Waals surface area contributed by atoms with E-state index in [2.05, 4.69) is 5.32 Å². The van der Waals surface area contributed by atoms with E-state index in [9.17, 15) is 9.18 Å². The summed E-state index contributed by atoms with van der Waals surface area (Å²) in [7, 11) is 1.48. The molecule has 0 bridgehead atoms. The van der Waals surface area contributed by atoms with Crippen LogP contribution in [-0.4, -0.2) is 32.2 Å². The molecule has 0 saturated carbocycles. The molecule has 0 saturated heterocycles. The number of carbonyl (C=O) groups excluding carboxylic acids is 1. The van der Waals surface area contributed by atoms with Gasteiger partial charge in [-0.25, -0.2) is 4.39 Å². The summed E-state index contributed by atoms with van der Waals surface area (Å²) in [6.45, 7) is 0.560. The van der Waals surface area contributed by atoms with E-state index >= 15 is 0 Å². The molecule has 0 spiro atoms. The van der Waals surface area contributed by atoms with Gasteiger partial charge in [-0.15, -0.1) is 0 Å². The van der Waals surface area contributed by atoms with Gasteiger partial charge < -0.3 is 15.8 Å². The summed E-state index contributed by atoms with van der Waals surface area (Å²) in [5.74, 6) is -0.662. The molecule has 0 aliphatic heterocycles. The van der Waals surface area contributed by atoms with Crippen LogP contribution in [0.25, 0.3) is 0 Å². The number of carbonyl (C=O) groups is 1. The number of methoxy groups -OCH3 is 1. The number of hydrogen-bond donors (Lipinski definition) is 2. The highest BCUT2D eigenvalue weighted by Gasteiger charge is 2.12. The Kier molecular flexibility index (Phi) is 6.04. The first-order valence-corrected chi connectivity index (χ1v) is 5.88. The Hall–Kier alpha value is -1.17. The van der Waals surface area contributed by atoms with Crippen LogP contribution in [0, 0.1) is 5.82 Å². The van der Waals surface area contributed by atoms with Crippen LogP contribution in [0.5, 0.6) is 0 Å². The molecule has 1 aromatic carbocycles. The number of halogens is 2. The lowest BCUT2D eigenvalue weighted by Crippen LogP contribution is -2.44. The SMILES string of the molecule is COCC(N)C(=O)NCCc1ccc(F)cc1Cl. The van der Waals surface area contributed by atoms with E-state index in [4.69, 9.17) is 22.1 Å². The van der Waals surface area contributed by atoms with Gasteiger partial charge in [-0.05, 0) is 24.1 Å². The summed E-state index contributed by atoms with van der Waals surface area (Å²) >= 11 is 5.86. The molecule has 1 unspecified atom stereocenters. The number of benzene rings is 1. The molecule has 0 aliphatic rings. The van der Waals surface area contributed by atoms with Gasteiger partial charge in [-0.2, -0.15) is 0 Å². The van der Waals surface area contributed by atoms with Crippen LogP contribution < -0.4 is 11.1 Å². The predicted molar refractivity (Wildman–Crippen MR) is 68.0 cm³/mol. The number of rotatable bonds is 6. The quantitative estimate of drug-likeness (QED) is 0.817. The normalized spacial score (nSPS) is 12.2. The summed E-state index contributed by atoms with van der Waals surface area (Å²) < 4.78 is 17.6. The number of nitrogens with one attached hydrogen (secondary N) is 1. The Morgan fingerprint density at radius 3 is 2.94 bits per heavy atom. The third kappa shape index (κ3) is 4.60. The maximum absolute atomic E-state index is 12.8. The average molecular weight is 275 g/mol. The second kappa shape index (κ2) is 7.31. The maximum Gasteiger partial charge on any atom is 0.239 e. The summed E-state index contributed by atoms with van der Waals surface area (Å²) in [4.78, 5) is 11.5. The summed E-state index contributed by atoms with van der Waals surface area (Å²) in [5, 5.41) is 3.01. The smallest absolute Gasteiger partial charge is 0.239 e. The highest BCUT2D eigenvalue weighted by atomic mass is 35.5. The molecule has 1 amide bonds. The van der Waals surface area contributed by atoms with Gasteiger partial charge >= 0.3 is 0 Å². The number of amides is 1. The molecule has 0 aromatic heterocycles. The summed E-state index contributed by atoms with van der Waals surface area (Å²) in [6, 6.07) is 3.49. The third-order valence-electron chi connectivity index (χ3n) is 2.39. The Morgan fingerprint density at radius 2 is 2.33 bits per heavy atom. The Labute approximate surface area is 110 Å². The minimum atomic E-state index is -0.682. The topological polar surface area (TPSA) is 64.3 Å². The van der Waals surface area contributed by atoms with Gasteiger partial charge in [-0.1, -0.05) is 17.7 Å². The van der Waals surface area contributed by atoms with Crippen molar-refractivity contribution in [3.05, 3.63) is 34.6 Å². The van der Waals surface area contributed by atoms with E-state index < -0.39 is 6.04 Å². The number of hydrogen-bond acceptors (Lipinski definition) is 3. The van der Waals surface area contributed by atoms with Crippen LogP contribution >= 0.6 is 11.6 Å². The highest BCUT2D eigenvalue weighted by molar-refractivity contribution is 6.31. The fourth-order valence-electron chi connectivity index (χ4n) is 1.43. The van der Waals surface area contributed by atoms with Gasteiger partial charge in [0.2, 0.25) is 5.91 Å². The standard InChI is InChI=1S/C12H16ClFN2O2/c1-18-7-11(15)12(17)16-5-4-8-2-3-9(14)6-10(8)13/h2-3,6,11H,4-5,7,15H2,1H3,(H,16,17). The molecule has 1 aromatic rings. The van der Waals surface area contributed by atoms with Crippen molar-refractivity contribution in [1.82, 2.24) is 5.32 Å². The molecule has 0 aliphatic carbocycles. The van der Waals surface area contributed by atoms with Crippen LogP contribution in [0.15, 0.2) is 18.2 Å². The molecule has 3 N–H and O–H groups in total. The molecule has 100 valence electrons. The van der Waals surface area contributed by atoms with Gasteiger partial charge in [0.25, 0.3) is 0 Å². The average Bonchev–Trinajstić information content (AvgIpc) is 2.32. The first kappa shape index (κ1) is 14.9. The summed E-state index contributed by atoms with van der Waals surface area (Å²) in [6.07, 6.45) is 0.518. The van der Waals surface area contributed by atoms with Crippen molar-refractivity contribution in [3.63, 3.8) is 0 Å². The van der Waals surface area contributed by atoms with E-state index in [0.717, 1.165) is 5.56 Å². The fraction of sp³-hybridized carbons (Fsp3) is 0.417. The summed E-state index contributed by atoms with van der Waals surface area (Å²) in [5.41, 5.74) is 6.32. The molecule has 0 radical (unpaired) electrons. The lowest BCUT2D eigenvalue weighted by molar-refractivity contribution is -0.123. The lowest BCUT2D eigenvalue weighted by atomic mass is 10.1. The van der Waals surface area contributed by atoms with Gasteiger partial charge in [0.05, 0.1) is 6.61 Å². The molecular formula is C12H16ClFN2O2. The molecule has 1 atom stereocenters. The van der Waals surface area contributed by atoms with E-state index in [1.807, 2.05) is 0 Å². The van der Waals surface area contributed by atoms with Crippen molar-refractivity contribution in [2.75, 3.05) is 20.3 Å². The number of nitrogens with two attached hydrogens (primary N) is 1. The minimum absolute atomic E-state index is 0.170. The van der Waals surface area contributed by atoms with Crippen LogP contribution in [0.4, 0.5) is 4.39 Å². The van der Waals surface area contributed by atoms with Crippen LogP contribution in [0.3, 0.4) is 0 Å². The van der Waals surface area contributed by atoms with Crippen molar-refractivity contribution >= 4 is 17.5 Å². The van der Waals surface area contributed by atoms with Gasteiger partial charge in [0.15, 0.2) is 0 Å². The van der Waals surface area contributed by atoms with Gasteiger partial charge in [0.1, 0.15) is 11.9 Å². The fourth-order valence-corrected chi connectivity index (χ4v) is 1.69. The van der Waals surface area contributed by atoms with Crippen LogP contribution in [0.1, 0.15) is 5.56 Å². The highest BCUT2D eigenvalue weighted by Crippen LogP contribution is 2.17. The van der Waals surface area contributed by atoms with Crippen LogP contribution in [-0.2, 0) is 16.0 Å². The van der Waals surface area contributed by atoms with Crippen LogP contribution in [0.2, 0.25) is 5.02 Å². The van der Waals surface area contributed by atoms with E-state index in [0.29, 0.717) is 18.0 Å². The van der Waals surface area contributed by atoms with E-state index in [-0.39, 0.29) is 18.3 Å². The zero-order valence-corrected chi connectivity index (χ0v) is 10.8. The first-order chi connectivity index (χ1) is 8.54. The van der Waals surface area contributed by atoms with Crippen molar-refractivity contribution in [1.29, 1.82) is 0 Å². The molecule has 18 heavy (non-hydrogen) atoms. The second-order valence-corrected chi connectivity index (χ2v) is 4.25. The number of ether oxygens (including phenoxy) is 1. The molecular weight excluding hydrogens is 259 g/mol. The first-order valence-electron chi connectivity index (χ1n) is 5.50. The van der Waals surface area contributed by atoms with Crippen molar-refractivity contribution in [2.45, 2.75) is 12.5 Å². The monoisotopic (exact) mass is 274 g/mol. The van der Waals surface area contributed by atoms with E-state index in [1.54, 1.807) is 6.07 Å². The van der Waals surface area contributed by atoms with Gasteiger partial charge in [0, 0.05) is 18.7 Å². The second-order valence-electron chi connectivity index (χ2n) is 3.84. The van der Waals surface area contributed by atoms with Crippen molar-refractivity contribution < 1.29 is 13.9 Å². The largest absolute Gasteiger partial charge is 0.383 e. The molecule has 0 heterocycles. The third-order valence-corrected chi connectivity index (χ3v) is 2.74. The maximum atomic E-state index is 12.8. The zero-order chi connectivity index (χ0) is 13.5. The Morgan fingerprint density at radius 1 is 1.61 bits per heavy atom. The molecule has 1 rings (SSSR count). The Bertz CT molecular complexity index is 415. The molecule has 0 fully saturated rings.